The quantitative estimate of drug-likeness (QED) is 0.0166. The molecule has 14 nitrogen and oxygen atoms in total. The predicted molar refractivity (Wildman–Crippen MR) is 237 cm³/mol. The number of aliphatic hydroxyl groups is 2. The highest BCUT2D eigenvalue weighted by Crippen LogP contribution is 2.30. The Morgan fingerprint density at radius 2 is 1.02 bits per heavy atom. The van der Waals surface area contributed by atoms with E-state index in [1.807, 2.05) is 0 Å². The Balaban J connectivity index is 5.23. The van der Waals surface area contributed by atoms with Crippen molar-refractivity contribution in [2.24, 2.45) is 0 Å². The molecule has 0 amide bonds. The summed E-state index contributed by atoms with van der Waals surface area (Å²) in [4.78, 5) is 74.4. The van der Waals surface area contributed by atoms with Crippen molar-refractivity contribution in [1.29, 1.82) is 0 Å². The molecule has 0 aliphatic rings. The first-order valence-corrected chi connectivity index (χ1v) is 23.2. The Morgan fingerprint density at radius 3 is 1.50 bits per heavy atom. The first-order valence-electron chi connectivity index (χ1n) is 23.2. The van der Waals surface area contributed by atoms with Crippen molar-refractivity contribution in [3.8, 4) is 0 Å². The zero-order chi connectivity index (χ0) is 46.3. The van der Waals surface area contributed by atoms with Crippen LogP contribution in [0.4, 0.5) is 0 Å². The van der Waals surface area contributed by atoms with Gasteiger partial charge in [-0.25, -0.2) is 9.59 Å². The van der Waals surface area contributed by atoms with E-state index in [9.17, 15) is 44.1 Å². The molecule has 0 aliphatic heterocycles. The number of rotatable bonds is 42. The lowest BCUT2D eigenvalue weighted by atomic mass is 9.93. The molecule has 0 saturated carbocycles. The second-order valence-electron chi connectivity index (χ2n) is 16.5. The molecule has 0 aromatic carbocycles. The third-order valence-corrected chi connectivity index (χ3v) is 10.5. The van der Waals surface area contributed by atoms with Crippen LogP contribution in [0.25, 0.3) is 0 Å². The number of ether oxygens (including phenoxy) is 3. The Kier molecular flexibility index (Phi) is 35.1. The lowest BCUT2D eigenvalue weighted by Gasteiger charge is -2.33. The number of carboxylic acids is 3. The number of aliphatic carboxylic acids is 3. The number of carbonyl (C=O) groups excluding carboxylic acids is 3. The number of aliphatic hydroxyl groups excluding tert-OH is 2. The molecule has 0 saturated heterocycles. The summed E-state index contributed by atoms with van der Waals surface area (Å²) in [6.45, 7) is 2.05. The van der Waals surface area contributed by atoms with Crippen LogP contribution in [0.15, 0.2) is 36.5 Å². The van der Waals surface area contributed by atoms with Crippen molar-refractivity contribution >= 4 is 35.8 Å². The number of unbranched alkanes of at least 4 members (excludes halogenated alkanes) is 19. The molecule has 0 aromatic heterocycles. The van der Waals surface area contributed by atoms with E-state index < -0.39 is 79.2 Å². The summed E-state index contributed by atoms with van der Waals surface area (Å²) in [5.74, 6) is -7.62. The summed E-state index contributed by atoms with van der Waals surface area (Å²) in [5.41, 5.74) is -4.89. The van der Waals surface area contributed by atoms with Crippen LogP contribution in [0, 0.1) is 0 Å². The first-order chi connectivity index (χ1) is 29.7. The van der Waals surface area contributed by atoms with Gasteiger partial charge < -0.3 is 39.7 Å². The molecule has 0 heterocycles. The lowest BCUT2D eigenvalue weighted by molar-refractivity contribution is -0.203. The van der Waals surface area contributed by atoms with E-state index in [0.717, 1.165) is 116 Å². The van der Waals surface area contributed by atoms with Gasteiger partial charge in [-0.15, -0.1) is 0 Å². The Hall–Kier alpha value is -4.04. The molecule has 14 heteroatoms. The molecule has 0 rings (SSSR count). The standard InChI is InChI=1S/C48H80O14/c1-3-4-5-6-7-8-9-10-12-16-19-22-25-28-31-34-43(55)61-47(2,35-32-29-26-23-20-17-14-11-13-15-18-21-24-27-30-33-41(51)52)46(59)62-48(45(57)58,36-42(53)54)37-44(56)60-39-40(50)38-49/h7-8,10-13,40,49-50H,3-6,9,14-39H2,1-2H3,(H,51,52)(H,53,54)(H,57,58)/b8-7-,12-10-,13-11-. The Labute approximate surface area is 370 Å². The SMILES string of the molecule is CCCCC/C=C\C/C=C\CCCCCCCC(=O)OC(C)(CCCCCCCC/C=C\CCCCCCCC(=O)O)C(=O)OC(CC(=O)O)(CC(=O)OCC(O)CO)C(=O)O. The van der Waals surface area contributed by atoms with E-state index in [1.54, 1.807) is 0 Å². The minimum atomic E-state index is -2.91. The van der Waals surface area contributed by atoms with Crippen molar-refractivity contribution in [2.45, 2.75) is 217 Å². The molecule has 0 aromatic rings. The maximum atomic E-state index is 13.8. The summed E-state index contributed by atoms with van der Waals surface area (Å²) in [6, 6.07) is 0. The van der Waals surface area contributed by atoms with E-state index in [2.05, 4.69) is 43.4 Å². The summed E-state index contributed by atoms with van der Waals surface area (Å²) in [7, 11) is 0. The van der Waals surface area contributed by atoms with E-state index >= 15 is 0 Å². The summed E-state index contributed by atoms with van der Waals surface area (Å²) < 4.78 is 15.9. The highest BCUT2D eigenvalue weighted by atomic mass is 16.6. The van der Waals surface area contributed by atoms with Gasteiger partial charge >= 0.3 is 35.8 Å². The van der Waals surface area contributed by atoms with Crippen LogP contribution in [-0.4, -0.2) is 91.9 Å². The van der Waals surface area contributed by atoms with Gasteiger partial charge in [0.15, 0.2) is 0 Å². The number of carboxylic acid groups (broad SMARTS) is 3. The smallest absolute Gasteiger partial charge is 0.351 e. The van der Waals surface area contributed by atoms with Crippen LogP contribution >= 0.6 is 0 Å². The zero-order valence-corrected chi connectivity index (χ0v) is 37.9. The van der Waals surface area contributed by atoms with Gasteiger partial charge in [0.25, 0.3) is 0 Å². The number of hydrogen-bond donors (Lipinski definition) is 5. The van der Waals surface area contributed by atoms with Gasteiger partial charge in [0.2, 0.25) is 11.2 Å². The van der Waals surface area contributed by atoms with Crippen molar-refractivity contribution in [3.63, 3.8) is 0 Å². The normalized spacial score (nSPS) is 14.1. The monoisotopic (exact) mass is 881 g/mol. The fraction of sp³-hybridized carbons (Fsp3) is 0.750. The van der Waals surface area contributed by atoms with E-state index in [0.29, 0.717) is 19.3 Å². The summed E-state index contributed by atoms with van der Waals surface area (Å²) >= 11 is 0. The molecule has 5 N–H and O–H groups in total. The van der Waals surface area contributed by atoms with Crippen molar-refractivity contribution in [3.05, 3.63) is 36.5 Å². The highest BCUT2D eigenvalue weighted by molar-refractivity contribution is 5.93. The molecular formula is C48H80O14. The van der Waals surface area contributed by atoms with E-state index in [4.69, 9.17) is 24.4 Å². The molecule has 0 fully saturated rings. The molecule has 0 radical (unpaired) electrons. The molecule has 0 bridgehead atoms. The van der Waals surface area contributed by atoms with Gasteiger partial charge in [-0.05, 0) is 90.4 Å². The van der Waals surface area contributed by atoms with Crippen molar-refractivity contribution in [2.75, 3.05) is 13.2 Å². The van der Waals surface area contributed by atoms with Crippen LogP contribution in [-0.2, 0) is 43.0 Å². The average Bonchev–Trinajstić information content (AvgIpc) is 3.21. The third kappa shape index (κ3) is 31.8. The van der Waals surface area contributed by atoms with Gasteiger partial charge in [0.1, 0.15) is 12.7 Å². The fourth-order valence-electron chi connectivity index (χ4n) is 6.70. The second kappa shape index (κ2) is 37.5. The maximum Gasteiger partial charge on any atom is 0.351 e. The second-order valence-corrected chi connectivity index (χ2v) is 16.5. The van der Waals surface area contributed by atoms with Gasteiger partial charge in [-0.1, -0.05) is 120 Å². The topological polar surface area (TPSA) is 231 Å². The third-order valence-electron chi connectivity index (χ3n) is 10.5. The number of carbonyl (C=O) groups is 6. The van der Waals surface area contributed by atoms with Gasteiger partial charge in [-0.2, -0.15) is 0 Å². The number of esters is 3. The lowest BCUT2D eigenvalue weighted by Crippen LogP contribution is -2.52. The van der Waals surface area contributed by atoms with Crippen LogP contribution in [0.3, 0.4) is 0 Å². The van der Waals surface area contributed by atoms with Crippen molar-refractivity contribution < 1.29 is 68.5 Å². The van der Waals surface area contributed by atoms with Crippen LogP contribution in [0.5, 0.6) is 0 Å². The maximum absolute atomic E-state index is 13.8. The van der Waals surface area contributed by atoms with Gasteiger partial charge in [0, 0.05) is 12.8 Å². The summed E-state index contributed by atoms with van der Waals surface area (Å²) in [6.07, 6.45) is 32.1. The Morgan fingerprint density at radius 1 is 0.548 bits per heavy atom. The molecule has 0 aliphatic carbocycles. The van der Waals surface area contributed by atoms with E-state index in [1.165, 1.54) is 26.2 Å². The fourth-order valence-corrected chi connectivity index (χ4v) is 6.70. The molecule has 62 heavy (non-hydrogen) atoms. The molecule has 3 unspecified atom stereocenters. The van der Waals surface area contributed by atoms with Crippen LogP contribution < -0.4 is 0 Å². The van der Waals surface area contributed by atoms with E-state index in [-0.39, 0.29) is 19.3 Å². The number of allylic oxidation sites excluding steroid dienone is 6. The Bertz CT molecular complexity index is 1340. The zero-order valence-electron chi connectivity index (χ0n) is 37.9. The first kappa shape index (κ1) is 58.0. The summed E-state index contributed by atoms with van der Waals surface area (Å²) in [5, 5.41) is 46.9. The highest BCUT2D eigenvalue weighted by Gasteiger charge is 2.51. The van der Waals surface area contributed by atoms with Crippen LogP contribution in [0.2, 0.25) is 0 Å². The van der Waals surface area contributed by atoms with Gasteiger partial charge in [-0.3, -0.25) is 19.2 Å². The molecule has 3 atom stereocenters. The average molecular weight is 881 g/mol. The minimum absolute atomic E-state index is 0.00904. The van der Waals surface area contributed by atoms with Gasteiger partial charge in [0.05, 0.1) is 19.4 Å². The molecule has 356 valence electrons. The molecule has 0 spiro atoms. The molecular weight excluding hydrogens is 801 g/mol. The van der Waals surface area contributed by atoms with Crippen LogP contribution in [0.1, 0.15) is 200 Å². The largest absolute Gasteiger partial charge is 0.481 e. The minimum Gasteiger partial charge on any atom is -0.481 e. The van der Waals surface area contributed by atoms with Crippen molar-refractivity contribution in [1.82, 2.24) is 0 Å². The number of hydrogen-bond acceptors (Lipinski definition) is 11. The predicted octanol–water partition coefficient (Wildman–Crippen LogP) is 9.72.